The Hall–Kier alpha value is -1.60. The Balaban J connectivity index is 1.95. The van der Waals surface area contributed by atoms with Gasteiger partial charge >= 0.3 is 0 Å². The summed E-state index contributed by atoms with van der Waals surface area (Å²) in [5.74, 6) is -1.87. The van der Waals surface area contributed by atoms with E-state index in [1.165, 1.54) is 0 Å². The van der Waals surface area contributed by atoms with Crippen LogP contribution in [0, 0.1) is 0 Å². The van der Waals surface area contributed by atoms with E-state index < -0.39 is 5.76 Å². The van der Waals surface area contributed by atoms with Crippen LogP contribution in [0.15, 0.2) is 51.8 Å². The van der Waals surface area contributed by atoms with Crippen molar-refractivity contribution in [1.82, 2.24) is 0 Å². The Kier molecular flexibility index (Phi) is 6.41. The van der Waals surface area contributed by atoms with E-state index in [4.69, 9.17) is 4.74 Å². The SMILES string of the molecule is COc1ccc(C(=O)CNc2ccc(SC(F)F)cc2)cc1Br. The number of alkyl halides is 2. The minimum Gasteiger partial charge on any atom is -0.496 e. The molecule has 2 rings (SSSR count). The van der Waals surface area contributed by atoms with Crippen LogP contribution in [0.25, 0.3) is 0 Å². The van der Waals surface area contributed by atoms with E-state index in [9.17, 15) is 13.6 Å². The van der Waals surface area contributed by atoms with E-state index in [0.717, 1.165) is 0 Å². The second-order valence-corrected chi connectivity index (χ2v) is 6.45. The summed E-state index contributed by atoms with van der Waals surface area (Å²) in [6, 6.07) is 11.6. The van der Waals surface area contributed by atoms with Gasteiger partial charge in [-0.05, 0) is 58.4 Å². The first-order valence-electron chi connectivity index (χ1n) is 6.65. The molecule has 0 fully saturated rings. The molecule has 23 heavy (non-hydrogen) atoms. The zero-order valence-electron chi connectivity index (χ0n) is 12.2. The van der Waals surface area contributed by atoms with Gasteiger partial charge in [-0.25, -0.2) is 0 Å². The summed E-state index contributed by atoms with van der Waals surface area (Å²) < 4.78 is 30.3. The van der Waals surface area contributed by atoms with Gasteiger partial charge in [-0.2, -0.15) is 8.78 Å². The lowest BCUT2D eigenvalue weighted by atomic mass is 10.1. The lowest BCUT2D eigenvalue weighted by Crippen LogP contribution is -2.14. The fourth-order valence-corrected chi connectivity index (χ4v) is 2.92. The van der Waals surface area contributed by atoms with E-state index in [2.05, 4.69) is 21.2 Å². The number of hydrogen-bond donors (Lipinski definition) is 1. The summed E-state index contributed by atoms with van der Waals surface area (Å²) in [6.07, 6.45) is 0. The molecule has 7 heteroatoms. The average molecular weight is 402 g/mol. The maximum Gasteiger partial charge on any atom is 0.288 e. The number of ketones is 1. The molecule has 0 aliphatic heterocycles. The molecule has 122 valence electrons. The minimum absolute atomic E-state index is 0.0839. The molecule has 0 aliphatic carbocycles. The van der Waals surface area contributed by atoms with Crippen molar-refractivity contribution in [2.24, 2.45) is 0 Å². The van der Waals surface area contributed by atoms with Gasteiger partial charge in [0.15, 0.2) is 5.78 Å². The first kappa shape index (κ1) is 17.7. The number of Topliss-reactive ketones (excluding diaryl/α,β-unsaturated/α-hetero) is 1. The number of anilines is 1. The normalized spacial score (nSPS) is 10.7. The molecule has 3 nitrogen and oxygen atoms in total. The molecule has 0 saturated heterocycles. The van der Waals surface area contributed by atoms with Gasteiger partial charge in [0.05, 0.1) is 18.1 Å². The molecule has 2 aromatic carbocycles. The number of carbonyl (C=O) groups is 1. The molecule has 0 aromatic heterocycles. The molecule has 0 spiro atoms. The molecule has 0 amide bonds. The number of thioether (sulfide) groups is 1. The smallest absolute Gasteiger partial charge is 0.288 e. The molecular weight excluding hydrogens is 388 g/mol. The van der Waals surface area contributed by atoms with Gasteiger partial charge in [-0.3, -0.25) is 4.79 Å². The van der Waals surface area contributed by atoms with Crippen LogP contribution in [0.3, 0.4) is 0 Å². The lowest BCUT2D eigenvalue weighted by Gasteiger charge is -2.08. The van der Waals surface area contributed by atoms with Crippen molar-refractivity contribution in [3.8, 4) is 5.75 Å². The lowest BCUT2D eigenvalue weighted by molar-refractivity contribution is 0.101. The molecule has 0 unspecified atom stereocenters. The quantitative estimate of drug-likeness (QED) is 0.519. The van der Waals surface area contributed by atoms with Crippen molar-refractivity contribution >= 4 is 39.2 Å². The number of rotatable bonds is 7. The summed E-state index contributed by atoms with van der Waals surface area (Å²) in [4.78, 5) is 12.6. The van der Waals surface area contributed by atoms with Crippen LogP contribution in [-0.2, 0) is 0 Å². The Labute approximate surface area is 145 Å². The monoisotopic (exact) mass is 401 g/mol. The van der Waals surface area contributed by atoms with Crippen molar-refractivity contribution in [3.63, 3.8) is 0 Å². The van der Waals surface area contributed by atoms with Crippen LogP contribution in [0.1, 0.15) is 10.4 Å². The number of carbonyl (C=O) groups excluding carboxylic acids is 1. The number of nitrogens with one attached hydrogen (secondary N) is 1. The molecule has 0 bridgehead atoms. The highest BCUT2D eigenvalue weighted by molar-refractivity contribution is 9.10. The van der Waals surface area contributed by atoms with Gasteiger partial charge in [0, 0.05) is 16.1 Å². The van der Waals surface area contributed by atoms with Gasteiger partial charge in [-0.1, -0.05) is 11.8 Å². The third-order valence-corrected chi connectivity index (χ3v) is 4.35. The third kappa shape index (κ3) is 5.21. The van der Waals surface area contributed by atoms with E-state index in [1.807, 2.05) is 0 Å². The first-order valence-corrected chi connectivity index (χ1v) is 8.32. The molecule has 0 atom stereocenters. The van der Waals surface area contributed by atoms with Crippen molar-refractivity contribution < 1.29 is 18.3 Å². The van der Waals surface area contributed by atoms with Gasteiger partial charge in [0.25, 0.3) is 5.76 Å². The van der Waals surface area contributed by atoms with Crippen LogP contribution >= 0.6 is 27.7 Å². The predicted octanol–water partition coefficient (Wildman–Crippen LogP) is 5.07. The van der Waals surface area contributed by atoms with E-state index in [0.29, 0.717) is 38.1 Å². The molecular formula is C16H14BrF2NO2S. The molecule has 1 N–H and O–H groups in total. The van der Waals surface area contributed by atoms with Crippen LogP contribution in [0.4, 0.5) is 14.5 Å². The molecule has 0 aliphatic rings. The number of benzene rings is 2. The van der Waals surface area contributed by atoms with Crippen molar-refractivity contribution in [2.75, 3.05) is 19.0 Å². The van der Waals surface area contributed by atoms with E-state index >= 15 is 0 Å². The Morgan fingerprint density at radius 2 is 1.96 bits per heavy atom. The number of ether oxygens (including phenoxy) is 1. The second kappa shape index (κ2) is 8.31. The molecule has 0 radical (unpaired) electrons. The Morgan fingerprint density at radius 3 is 2.52 bits per heavy atom. The van der Waals surface area contributed by atoms with Gasteiger partial charge in [0.1, 0.15) is 5.75 Å². The van der Waals surface area contributed by atoms with Crippen LogP contribution < -0.4 is 10.1 Å². The average Bonchev–Trinajstić information content (AvgIpc) is 2.53. The number of methoxy groups -OCH3 is 1. The zero-order chi connectivity index (χ0) is 16.8. The Morgan fingerprint density at radius 1 is 1.26 bits per heavy atom. The maximum absolute atomic E-state index is 12.2. The van der Waals surface area contributed by atoms with Crippen LogP contribution in [0.2, 0.25) is 0 Å². The summed E-state index contributed by atoms with van der Waals surface area (Å²) in [6.45, 7) is 0.111. The van der Waals surface area contributed by atoms with E-state index in [-0.39, 0.29) is 12.3 Å². The summed E-state index contributed by atoms with van der Waals surface area (Å²) >= 11 is 3.83. The molecule has 2 aromatic rings. The predicted molar refractivity (Wildman–Crippen MR) is 91.8 cm³/mol. The van der Waals surface area contributed by atoms with Crippen molar-refractivity contribution in [3.05, 3.63) is 52.5 Å². The fourth-order valence-electron chi connectivity index (χ4n) is 1.88. The van der Waals surface area contributed by atoms with Crippen LogP contribution in [-0.4, -0.2) is 25.2 Å². The van der Waals surface area contributed by atoms with E-state index in [1.54, 1.807) is 49.6 Å². The zero-order valence-corrected chi connectivity index (χ0v) is 14.6. The number of hydrogen-bond acceptors (Lipinski definition) is 4. The highest BCUT2D eigenvalue weighted by atomic mass is 79.9. The largest absolute Gasteiger partial charge is 0.496 e. The summed E-state index contributed by atoms with van der Waals surface area (Å²) in [5, 5.41) is 2.98. The maximum atomic E-state index is 12.2. The number of halogens is 3. The van der Waals surface area contributed by atoms with Gasteiger partial charge in [0.2, 0.25) is 0 Å². The Bertz CT molecular complexity index is 680. The molecule has 0 saturated carbocycles. The highest BCUT2D eigenvalue weighted by Crippen LogP contribution is 2.27. The topological polar surface area (TPSA) is 38.3 Å². The molecule has 0 heterocycles. The van der Waals surface area contributed by atoms with Gasteiger partial charge in [-0.15, -0.1) is 0 Å². The van der Waals surface area contributed by atoms with Gasteiger partial charge < -0.3 is 10.1 Å². The third-order valence-electron chi connectivity index (χ3n) is 3.01. The van der Waals surface area contributed by atoms with Crippen molar-refractivity contribution in [1.29, 1.82) is 0 Å². The standard InChI is InChI=1S/C16H14BrF2NO2S/c1-22-15-7-2-10(8-13(15)17)14(21)9-20-11-3-5-12(6-4-11)23-16(18)19/h2-8,16,20H,9H2,1H3. The minimum atomic E-state index is -2.44. The first-order chi connectivity index (χ1) is 11.0. The fraction of sp³-hybridized carbons (Fsp3) is 0.188. The second-order valence-electron chi connectivity index (χ2n) is 4.53. The summed E-state index contributed by atoms with van der Waals surface area (Å²) in [5.41, 5.74) is 1.25. The van der Waals surface area contributed by atoms with Crippen molar-refractivity contribution in [2.45, 2.75) is 10.7 Å². The van der Waals surface area contributed by atoms with Crippen LogP contribution in [0.5, 0.6) is 5.75 Å². The summed E-state index contributed by atoms with van der Waals surface area (Å²) in [7, 11) is 1.55. The highest BCUT2D eigenvalue weighted by Gasteiger charge is 2.09.